The van der Waals surface area contributed by atoms with E-state index in [1.807, 2.05) is 0 Å². The van der Waals surface area contributed by atoms with Crippen molar-refractivity contribution in [3.8, 4) is 11.3 Å². The standard InChI is InChI=1S/C20H16F3N5O/c1-28(8-7-21)20(29)11-5-6-15-12(9-11)18-16(10-24-27-18)26-19(25-15)17-13(22)3-2-4-14(17)23/h2-6,9-10H,7-8H2,1H3,(H,24,27)(H,25,26). The van der Waals surface area contributed by atoms with Gasteiger partial charge in [0.1, 0.15) is 24.1 Å². The fraction of sp³-hybridized carbons (Fsp3) is 0.150. The Hall–Kier alpha value is -3.62. The van der Waals surface area contributed by atoms with E-state index in [1.165, 1.54) is 30.3 Å². The van der Waals surface area contributed by atoms with Gasteiger partial charge in [0.2, 0.25) is 0 Å². The normalized spacial score (nSPS) is 12.3. The van der Waals surface area contributed by atoms with Gasteiger partial charge in [0.05, 0.1) is 28.8 Å². The number of anilines is 1. The number of amides is 1. The number of aliphatic imine (C=N–C) groups is 1. The van der Waals surface area contributed by atoms with Gasteiger partial charge in [-0.25, -0.2) is 18.2 Å². The van der Waals surface area contributed by atoms with Crippen molar-refractivity contribution in [3.63, 3.8) is 0 Å². The Morgan fingerprint density at radius 1 is 1.17 bits per heavy atom. The number of benzene rings is 2. The van der Waals surface area contributed by atoms with Gasteiger partial charge in [-0.15, -0.1) is 0 Å². The highest BCUT2D eigenvalue weighted by atomic mass is 19.1. The molecule has 29 heavy (non-hydrogen) atoms. The molecule has 1 aromatic heterocycles. The van der Waals surface area contributed by atoms with Gasteiger partial charge < -0.3 is 10.2 Å². The predicted octanol–water partition coefficient (Wildman–Crippen LogP) is 3.90. The van der Waals surface area contributed by atoms with Crippen LogP contribution in [0.4, 0.5) is 24.5 Å². The van der Waals surface area contributed by atoms with Gasteiger partial charge >= 0.3 is 0 Å². The van der Waals surface area contributed by atoms with Gasteiger partial charge in [0.15, 0.2) is 0 Å². The minimum atomic E-state index is -0.760. The van der Waals surface area contributed by atoms with Gasteiger partial charge in [-0.05, 0) is 30.3 Å². The summed E-state index contributed by atoms with van der Waals surface area (Å²) >= 11 is 0. The van der Waals surface area contributed by atoms with Crippen molar-refractivity contribution in [3.05, 3.63) is 65.4 Å². The van der Waals surface area contributed by atoms with E-state index < -0.39 is 18.3 Å². The van der Waals surface area contributed by atoms with E-state index in [-0.39, 0.29) is 23.9 Å². The Balaban J connectivity index is 1.85. The highest BCUT2D eigenvalue weighted by Gasteiger charge is 2.24. The maximum atomic E-state index is 14.3. The number of amidine groups is 1. The Bertz CT molecular complexity index is 1100. The van der Waals surface area contributed by atoms with E-state index in [2.05, 4.69) is 20.5 Å². The number of fused-ring (bicyclic) bond motifs is 3. The van der Waals surface area contributed by atoms with Crippen molar-refractivity contribution < 1.29 is 18.0 Å². The molecular formula is C20H16F3N5O. The van der Waals surface area contributed by atoms with Crippen LogP contribution in [0.5, 0.6) is 0 Å². The maximum Gasteiger partial charge on any atom is 0.253 e. The molecular weight excluding hydrogens is 383 g/mol. The second kappa shape index (κ2) is 7.42. The smallest absolute Gasteiger partial charge is 0.253 e. The van der Waals surface area contributed by atoms with E-state index in [4.69, 9.17) is 0 Å². The molecule has 2 N–H and O–H groups in total. The van der Waals surface area contributed by atoms with Gasteiger partial charge in [-0.3, -0.25) is 9.89 Å². The summed E-state index contributed by atoms with van der Waals surface area (Å²) in [7, 11) is 1.51. The third-order valence-electron chi connectivity index (χ3n) is 4.60. The Labute approximate surface area is 164 Å². The Kier molecular flexibility index (Phi) is 4.79. The molecule has 0 aliphatic carbocycles. The number of aromatic amines is 1. The second-order valence-corrected chi connectivity index (χ2v) is 6.49. The molecule has 2 aromatic carbocycles. The lowest BCUT2D eigenvalue weighted by molar-refractivity contribution is 0.0786. The first-order valence-electron chi connectivity index (χ1n) is 8.79. The van der Waals surface area contributed by atoms with Crippen LogP contribution in [0.3, 0.4) is 0 Å². The van der Waals surface area contributed by atoms with E-state index in [9.17, 15) is 18.0 Å². The number of H-pyrrole nitrogens is 1. The van der Waals surface area contributed by atoms with Crippen LogP contribution < -0.4 is 5.32 Å². The molecule has 3 aromatic rings. The third kappa shape index (κ3) is 3.35. The molecule has 0 saturated carbocycles. The van der Waals surface area contributed by atoms with Crippen LogP contribution in [0.25, 0.3) is 11.3 Å². The van der Waals surface area contributed by atoms with Gasteiger partial charge in [0.25, 0.3) is 5.91 Å². The first kappa shape index (κ1) is 18.7. The van der Waals surface area contributed by atoms with Crippen LogP contribution in [0.1, 0.15) is 15.9 Å². The summed E-state index contributed by atoms with van der Waals surface area (Å²) in [5, 5.41) is 9.71. The van der Waals surface area contributed by atoms with Gasteiger partial charge in [-0.2, -0.15) is 5.10 Å². The SMILES string of the molecule is CN(CCF)C(=O)c1ccc2c(c1)-c1[nH]ncc1NC(c1c(F)cccc1F)=N2. The fourth-order valence-corrected chi connectivity index (χ4v) is 3.12. The summed E-state index contributed by atoms with van der Waals surface area (Å²) in [6.45, 7) is -0.675. The molecule has 0 fully saturated rings. The Morgan fingerprint density at radius 2 is 1.93 bits per heavy atom. The number of nitrogens with one attached hydrogen (secondary N) is 2. The molecule has 2 heterocycles. The van der Waals surface area contributed by atoms with Crippen molar-refractivity contribution >= 4 is 23.1 Å². The summed E-state index contributed by atoms with van der Waals surface area (Å²) in [5.74, 6) is -1.89. The summed E-state index contributed by atoms with van der Waals surface area (Å²) in [6.07, 6.45) is 1.46. The van der Waals surface area contributed by atoms with Gasteiger partial charge in [0, 0.05) is 24.7 Å². The summed E-state index contributed by atoms with van der Waals surface area (Å²) in [6, 6.07) is 8.27. The topological polar surface area (TPSA) is 73.4 Å². The monoisotopic (exact) mass is 399 g/mol. The van der Waals surface area contributed by atoms with Crippen LogP contribution >= 0.6 is 0 Å². The van der Waals surface area contributed by atoms with E-state index in [1.54, 1.807) is 12.1 Å². The Morgan fingerprint density at radius 3 is 2.66 bits per heavy atom. The molecule has 9 heteroatoms. The molecule has 0 atom stereocenters. The quantitative estimate of drug-likeness (QED) is 0.699. The van der Waals surface area contributed by atoms with Crippen molar-refractivity contribution in [2.75, 3.05) is 25.6 Å². The number of nitrogens with zero attached hydrogens (tertiary/aromatic N) is 3. The average Bonchev–Trinajstić information content (AvgIpc) is 3.10. The van der Waals surface area contributed by atoms with Crippen LogP contribution in [0, 0.1) is 11.6 Å². The number of carbonyl (C=O) groups is 1. The molecule has 1 aliphatic rings. The van der Waals surface area contributed by atoms with Gasteiger partial charge in [-0.1, -0.05) is 6.07 Å². The molecule has 0 saturated heterocycles. The first-order valence-corrected chi connectivity index (χ1v) is 8.79. The number of hydrogen-bond donors (Lipinski definition) is 2. The van der Waals surface area contributed by atoms with Crippen LogP contribution in [-0.4, -0.2) is 47.1 Å². The largest absolute Gasteiger partial charge is 0.339 e. The lowest BCUT2D eigenvalue weighted by Gasteiger charge is -2.16. The molecule has 6 nitrogen and oxygen atoms in total. The van der Waals surface area contributed by atoms with Crippen LogP contribution in [0.2, 0.25) is 0 Å². The number of halogens is 3. The predicted molar refractivity (Wildman–Crippen MR) is 103 cm³/mol. The zero-order chi connectivity index (χ0) is 20.5. The first-order chi connectivity index (χ1) is 14.0. The van der Waals surface area contributed by atoms with E-state index in [0.717, 1.165) is 12.1 Å². The zero-order valence-corrected chi connectivity index (χ0v) is 15.3. The number of alkyl halides is 1. The second-order valence-electron chi connectivity index (χ2n) is 6.49. The third-order valence-corrected chi connectivity index (χ3v) is 4.60. The minimum absolute atomic E-state index is 0.0179. The highest BCUT2D eigenvalue weighted by Crippen LogP contribution is 2.38. The number of aromatic nitrogens is 2. The van der Waals surface area contributed by atoms with Crippen LogP contribution in [0.15, 0.2) is 47.6 Å². The molecule has 1 aliphatic heterocycles. The number of rotatable bonds is 4. The maximum absolute atomic E-state index is 14.3. The molecule has 0 bridgehead atoms. The molecule has 4 rings (SSSR count). The molecule has 0 unspecified atom stereocenters. The van der Waals surface area contributed by atoms with E-state index in [0.29, 0.717) is 28.2 Å². The summed E-state index contributed by atoms with van der Waals surface area (Å²) in [5.41, 5.74) is 1.91. The molecule has 0 radical (unpaired) electrons. The number of hydrogen-bond acceptors (Lipinski definition) is 4. The molecule has 148 valence electrons. The van der Waals surface area contributed by atoms with Crippen molar-refractivity contribution in [1.29, 1.82) is 0 Å². The summed E-state index contributed by atoms with van der Waals surface area (Å²) < 4.78 is 41.2. The summed E-state index contributed by atoms with van der Waals surface area (Å²) in [4.78, 5) is 18.2. The lowest BCUT2D eigenvalue weighted by Crippen LogP contribution is -2.28. The molecule has 1 amide bonds. The lowest BCUT2D eigenvalue weighted by atomic mass is 10.0. The van der Waals surface area contributed by atoms with Crippen molar-refractivity contribution in [2.24, 2.45) is 4.99 Å². The van der Waals surface area contributed by atoms with Crippen LogP contribution in [-0.2, 0) is 0 Å². The van der Waals surface area contributed by atoms with Crippen molar-refractivity contribution in [1.82, 2.24) is 15.1 Å². The average molecular weight is 399 g/mol. The van der Waals surface area contributed by atoms with Crippen molar-refractivity contribution in [2.45, 2.75) is 0 Å². The molecule has 0 spiro atoms. The minimum Gasteiger partial charge on any atom is -0.339 e. The number of carbonyl (C=O) groups excluding carboxylic acids is 1. The highest BCUT2D eigenvalue weighted by molar-refractivity contribution is 6.13. The fourth-order valence-electron chi connectivity index (χ4n) is 3.12. The zero-order valence-electron chi connectivity index (χ0n) is 15.3. The van der Waals surface area contributed by atoms with E-state index >= 15 is 0 Å².